The van der Waals surface area contributed by atoms with Crippen LogP contribution in [0, 0.1) is 10.1 Å². The molecule has 0 N–H and O–H groups in total. The second-order valence-electron chi connectivity index (χ2n) is 5.57. The van der Waals surface area contributed by atoms with Crippen LogP contribution in [0.1, 0.15) is 5.56 Å². The monoisotopic (exact) mass is 374 g/mol. The number of nitro benzene ring substituents is 1. The number of carbonyl (C=O) groups excluding carboxylic acids is 1. The van der Waals surface area contributed by atoms with E-state index in [-0.39, 0.29) is 17.2 Å². The van der Waals surface area contributed by atoms with Crippen molar-refractivity contribution in [3.63, 3.8) is 0 Å². The van der Waals surface area contributed by atoms with Gasteiger partial charge in [0.2, 0.25) is 0 Å². The number of amides is 1. The number of hydrogen-bond donors (Lipinski definition) is 0. The van der Waals surface area contributed by atoms with Crippen LogP contribution >= 0.6 is 0 Å². The van der Waals surface area contributed by atoms with E-state index in [4.69, 9.17) is 4.74 Å². The van der Waals surface area contributed by atoms with Crippen molar-refractivity contribution in [3.8, 4) is 0 Å². The Morgan fingerprint density at radius 1 is 1.15 bits per heavy atom. The molecule has 0 saturated carbocycles. The van der Waals surface area contributed by atoms with Gasteiger partial charge in [0, 0.05) is 12.1 Å². The third kappa shape index (κ3) is 2.62. The summed E-state index contributed by atoms with van der Waals surface area (Å²) >= 11 is 0. The second-order valence-corrected chi connectivity index (χ2v) is 7.36. The maximum Gasteiger partial charge on any atom is 0.425 e. The van der Waals surface area contributed by atoms with Crippen LogP contribution < -0.4 is 0 Å². The number of rotatable bonds is 5. The molecule has 134 valence electrons. The van der Waals surface area contributed by atoms with Crippen LogP contribution in [-0.4, -0.2) is 30.3 Å². The fourth-order valence-electron chi connectivity index (χ4n) is 2.80. The number of hydrogen-bond acceptors (Lipinski definition) is 6. The quantitative estimate of drug-likeness (QED) is 0.452. The van der Waals surface area contributed by atoms with Gasteiger partial charge in [-0.3, -0.25) is 10.1 Å². The minimum absolute atomic E-state index is 0.217. The first-order valence-corrected chi connectivity index (χ1v) is 8.93. The molecule has 8 nitrogen and oxygen atoms in total. The minimum atomic E-state index is -4.33. The lowest BCUT2D eigenvalue weighted by Crippen LogP contribution is -2.46. The molecule has 2 aromatic rings. The summed E-state index contributed by atoms with van der Waals surface area (Å²) in [5.41, 5.74) is -1.14. The van der Waals surface area contributed by atoms with Crippen molar-refractivity contribution in [2.45, 2.75) is 10.4 Å². The van der Waals surface area contributed by atoms with Gasteiger partial charge in [-0.15, -0.1) is 6.58 Å². The van der Waals surface area contributed by atoms with E-state index in [0.29, 0.717) is 9.87 Å². The first-order chi connectivity index (χ1) is 12.3. The third-order valence-corrected chi connectivity index (χ3v) is 5.96. The zero-order valence-electron chi connectivity index (χ0n) is 13.4. The van der Waals surface area contributed by atoms with E-state index < -0.39 is 26.6 Å². The number of benzene rings is 2. The van der Waals surface area contributed by atoms with Crippen LogP contribution in [0.2, 0.25) is 0 Å². The largest absolute Gasteiger partial charge is 0.445 e. The SMILES string of the molecule is C=CC1(c2ccccc2)COC(=O)N1S(=O)(=O)c1ccc([N+](=O)[O-])cc1. The molecule has 0 spiro atoms. The molecule has 1 unspecified atom stereocenters. The minimum Gasteiger partial charge on any atom is -0.445 e. The van der Waals surface area contributed by atoms with Crippen LogP contribution in [0.5, 0.6) is 0 Å². The Bertz CT molecular complexity index is 972. The Morgan fingerprint density at radius 3 is 2.31 bits per heavy atom. The van der Waals surface area contributed by atoms with Gasteiger partial charge >= 0.3 is 6.09 Å². The summed E-state index contributed by atoms with van der Waals surface area (Å²) in [6, 6.07) is 12.8. The molecule has 0 radical (unpaired) electrons. The van der Waals surface area contributed by atoms with E-state index in [0.717, 1.165) is 24.3 Å². The van der Waals surface area contributed by atoms with E-state index in [1.54, 1.807) is 30.3 Å². The number of ether oxygens (including phenoxy) is 1. The molecule has 9 heteroatoms. The Kier molecular flexibility index (Phi) is 4.25. The average molecular weight is 374 g/mol. The lowest BCUT2D eigenvalue weighted by molar-refractivity contribution is -0.384. The molecule has 1 fully saturated rings. The Labute approximate surface area is 149 Å². The van der Waals surface area contributed by atoms with Gasteiger partial charge in [-0.1, -0.05) is 36.4 Å². The summed E-state index contributed by atoms with van der Waals surface area (Å²) in [5.74, 6) is 0. The fourth-order valence-corrected chi connectivity index (χ4v) is 4.40. The predicted molar refractivity (Wildman–Crippen MR) is 91.8 cm³/mol. The summed E-state index contributed by atoms with van der Waals surface area (Å²) in [7, 11) is -4.33. The predicted octanol–water partition coefficient (Wildman–Crippen LogP) is 2.82. The Hall–Kier alpha value is -3.20. The number of carbonyl (C=O) groups is 1. The van der Waals surface area contributed by atoms with Crippen LogP contribution in [0.3, 0.4) is 0 Å². The smallest absolute Gasteiger partial charge is 0.425 e. The van der Waals surface area contributed by atoms with Crippen molar-refractivity contribution in [1.29, 1.82) is 0 Å². The zero-order chi connectivity index (χ0) is 18.9. The van der Waals surface area contributed by atoms with Gasteiger partial charge in [-0.2, -0.15) is 4.31 Å². The van der Waals surface area contributed by atoms with E-state index in [9.17, 15) is 23.3 Å². The van der Waals surface area contributed by atoms with Crippen LogP contribution in [0.15, 0.2) is 72.1 Å². The molecule has 1 aliphatic rings. The molecule has 1 atom stereocenters. The third-order valence-electron chi connectivity index (χ3n) is 4.14. The molecule has 0 aliphatic carbocycles. The molecule has 1 amide bonds. The summed E-state index contributed by atoms with van der Waals surface area (Å²) < 4.78 is 31.8. The average Bonchev–Trinajstić information content (AvgIpc) is 3.01. The molecule has 2 aromatic carbocycles. The second kappa shape index (κ2) is 6.26. The van der Waals surface area contributed by atoms with Crippen LogP contribution in [-0.2, 0) is 20.3 Å². The molecule has 3 rings (SSSR count). The number of sulfonamides is 1. The van der Waals surface area contributed by atoms with E-state index in [1.165, 1.54) is 6.08 Å². The summed E-state index contributed by atoms with van der Waals surface area (Å²) in [6.45, 7) is 3.48. The highest BCUT2D eigenvalue weighted by atomic mass is 32.2. The number of nitrogens with zero attached hydrogens (tertiary/aromatic N) is 2. The standard InChI is InChI=1S/C17H14N2O6S/c1-2-17(13-6-4-3-5-7-13)12-25-16(20)18(17)26(23,24)15-10-8-14(9-11-15)19(21)22/h2-11H,1,12H2. The van der Waals surface area contributed by atoms with Crippen molar-refractivity contribution in [2.24, 2.45) is 0 Å². The molecule has 1 saturated heterocycles. The first kappa shape index (κ1) is 17.6. The molecule has 1 heterocycles. The van der Waals surface area contributed by atoms with Gasteiger partial charge in [0.25, 0.3) is 15.7 Å². The van der Waals surface area contributed by atoms with Crippen LogP contribution in [0.25, 0.3) is 0 Å². The lowest BCUT2D eigenvalue weighted by Gasteiger charge is -2.32. The van der Waals surface area contributed by atoms with Crippen molar-refractivity contribution in [3.05, 3.63) is 82.9 Å². The number of nitro groups is 1. The first-order valence-electron chi connectivity index (χ1n) is 7.49. The maximum atomic E-state index is 13.1. The van der Waals surface area contributed by atoms with Gasteiger partial charge in [-0.25, -0.2) is 13.2 Å². The van der Waals surface area contributed by atoms with E-state index >= 15 is 0 Å². The van der Waals surface area contributed by atoms with Gasteiger partial charge in [0.1, 0.15) is 12.1 Å². The highest BCUT2D eigenvalue weighted by Crippen LogP contribution is 2.40. The van der Waals surface area contributed by atoms with Gasteiger partial charge in [0.05, 0.1) is 9.82 Å². The van der Waals surface area contributed by atoms with E-state index in [2.05, 4.69) is 6.58 Å². The maximum absolute atomic E-state index is 13.1. The lowest BCUT2D eigenvalue weighted by atomic mass is 9.92. The summed E-state index contributed by atoms with van der Waals surface area (Å²) in [6.07, 6.45) is 0.308. The number of non-ortho nitro benzene ring substituents is 1. The molecular formula is C17H14N2O6S. The molecular weight excluding hydrogens is 360 g/mol. The molecule has 0 bridgehead atoms. The highest BCUT2D eigenvalue weighted by molar-refractivity contribution is 7.89. The normalized spacial score (nSPS) is 19.8. The highest BCUT2D eigenvalue weighted by Gasteiger charge is 2.53. The van der Waals surface area contributed by atoms with Crippen molar-refractivity contribution < 1.29 is 22.9 Å². The number of cyclic esters (lactones) is 1. The topological polar surface area (TPSA) is 107 Å². The van der Waals surface area contributed by atoms with Gasteiger partial charge in [0.15, 0.2) is 0 Å². The summed E-state index contributed by atoms with van der Waals surface area (Å²) in [4.78, 5) is 22.1. The molecule has 0 aromatic heterocycles. The van der Waals surface area contributed by atoms with E-state index in [1.807, 2.05) is 0 Å². The van der Waals surface area contributed by atoms with Crippen molar-refractivity contribution in [2.75, 3.05) is 6.61 Å². The van der Waals surface area contributed by atoms with Gasteiger partial charge < -0.3 is 4.74 Å². The van der Waals surface area contributed by atoms with Crippen molar-refractivity contribution >= 4 is 21.8 Å². The fraction of sp³-hybridized carbons (Fsp3) is 0.118. The molecule has 26 heavy (non-hydrogen) atoms. The zero-order valence-corrected chi connectivity index (χ0v) is 14.3. The Balaban J connectivity index is 2.13. The van der Waals surface area contributed by atoms with Crippen LogP contribution in [0.4, 0.5) is 10.5 Å². The van der Waals surface area contributed by atoms with Crippen molar-refractivity contribution in [1.82, 2.24) is 4.31 Å². The molecule has 1 aliphatic heterocycles. The Morgan fingerprint density at radius 2 is 1.77 bits per heavy atom. The summed E-state index contributed by atoms with van der Waals surface area (Å²) in [5, 5.41) is 10.8. The van der Waals surface area contributed by atoms with Gasteiger partial charge in [-0.05, 0) is 17.7 Å².